The van der Waals surface area contributed by atoms with E-state index in [2.05, 4.69) is 20.8 Å². The number of benzene rings is 2. The largest absolute Gasteiger partial charge is 0.381 e. The lowest BCUT2D eigenvalue weighted by molar-refractivity contribution is -0.126. The van der Waals surface area contributed by atoms with E-state index < -0.39 is 5.41 Å². The highest BCUT2D eigenvalue weighted by atomic mass is 35.5. The van der Waals surface area contributed by atoms with Gasteiger partial charge in [0.05, 0.1) is 5.69 Å². The maximum Gasteiger partial charge on any atom is 0.232 e. The van der Waals surface area contributed by atoms with Gasteiger partial charge in [-0.2, -0.15) is 0 Å². The lowest BCUT2D eigenvalue weighted by Gasteiger charge is -2.38. The first-order valence-electron chi connectivity index (χ1n) is 11.5. The molecular formula is C27H35ClFNO2S. The third kappa shape index (κ3) is 6.52. The minimum Gasteiger partial charge on any atom is -0.381 e. The van der Waals surface area contributed by atoms with Gasteiger partial charge in [0.1, 0.15) is 5.82 Å². The molecule has 1 aliphatic rings. The Balaban J connectivity index is 2.00. The van der Waals surface area contributed by atoms with Crippen LogP contribution in [0.15, 0.2) is 47.4 Å². The van der Waals surface area contributed by atoms with Crippen molar-refractivity contribution in [3.05, 3.63) is 58.9 Å². The Morgan fingerprint density at radius 1 is 1.06 bits per heavy atom. The number of carbonyl (C=O) groups excluding carboxylic acids is 1. The second kappa shape index (κ2) is 9.97. The maximum atomic E-state index is 15.7. The molecular weight excluding hydrogens is 457 g/mol. The zero-order valence-corrected chi connectivity index (χ0v) is 22.1. The van der Waals surface area contributed by atoms with Gasteiger partial charge in [-0.15, -0.1) is 11.8 Å². The van der Waals surface area contributed by atoms with Crippen molar-refractivity contribution in [3.8, 4) is 0 Å². The molecule has 180 valence electrons. The molecule has 6 heteroatoms. The standard InChI is InChI=1S/C27H35ClFNO2S/c1-25(2,3)18-30(24(31)26(4,5)6)23-12-7-19(17-22(23)29)27(13-15-32-16-14-27)33-21-10-8-20(28)9-11-21/h7-12,17H,13-16,18H2,1-6H3. The summed E-state index contributed by atoms with van der Waals surface area (Å²) in [5.41, 5.74) is 0.486. The summed E-state index contributed by atoms with van der Waals surface area (Å²) in [6.07, 6.45) is 1.57. The van der Waals surface area contributed by atoms with Gasteiger partial charge in [0.2, 0.25) is 5.91 Å². The zero-order chi connectivity index (χ0) is 24.4. The first kappa shape index (κ1) is 26.1. The number of anilines is 1. The first-order valence-corrected chi connectivity index (χ1v) is 12.6. The van der Waals surface area contributed by atoms with Crippen LogP contribution in [0.4, 0.5) is 10.1 Å². The molecule has 0 atom stereocenters. The van der Waals surface area contributed by atoms with Gasteiger partial charge < -0.3 is 9.64 Å². The van der Waals surface area contributed by atoms with Gasteiger partial charge in [-0.3, -0.25) is 4.79 Å². The van der Waals surface area contributed by atoms with Gasteiger partial charge in [-0.05, 0) is 60.2 Å². The second-order valence-corrected chi connectivity index (χ2v) is 12.9. The molecule has 0 N–H and O–H groups in total. The highest BCUT2D eigenvalue weighted by molar-refractivity contribution is 8.00. The van der Waals surface area contributed by atoms with Crippen LogP contribution < -0.4 is 4.90 Å². The first-order chi connectivity index (χ1) is 15.3. The molecule has 3 nitrogen and oxygen atoms in total. The molecule has 0 bridgehead atoms. The number of rotatable bonds is 5. The minimum atomic E-state index is -0.608. The summed E-state index contributed by atoms with van der Waals surface area (Å²) in [4.78, 5) is 15.9. The van der Waals surface area contributed by atoms with E-state index in [4.69, 9.17) is 16.3 Å². The molecule has 1 aliphatic heterocycles. The molecule has 0 unspecified atom stereocenters. The van der Waals surface area contributed by atoms with Crippen molar-refractivity contribution in [1.82, 2.24) is 0 Å². The van der Waals surface area contributed by atoms with Crippen LogP contribution in [0, 0.1) is 16.6 Å². The molecule has 1 fully saturated rings. The van der Waals surface area contributed by atoms with E-state index in [0.717, 1.165) is 23.3 Å². The van der Waals surface area contributed by atoms with Crippen LogP contribution >= 0.6 is 23.4 Å². The average Bonchev–Trinajstić information content (AvgIpc) is 2.73. The lowest BCUT2D eigenvalue weighted by atomic mass is 9.88. The van der Waals surface area contributed by atoms with Crippen LogP contribution in [0.5, 0.6) is 0 Å². The predicted molar refractivity (Wildman–Crippen MR) is 137 cm³/mol. The number of halogens is 2. The quantitative estimate of drug-likeness (QED) is 0.429. The molecule has 0 aromatic heterocycles. The molecule has 2 aromatic carbocycles. The van der Waals surface area contributed by atoms with Crippen LogP contribution in [0.1, 0.15) is 59.9 Å². The van der Waals surface area contributed by atoms with Crippen molar-refractivity contribution in [2.24, 2.45) is 10.8 Å². The topological polar surface area (TPSA) is 29.5 Å². The fraction of sp³-hybridized carbons (Fsp3) is 0.519. The third-order valence-electron chi connectivity index (χ3n) is 5.71. The summed E-state index contributed by atoms with van der Waals surface area (Å²) in [6.45, 7) is 13.5. The summed E-state index contributed by atoms with van der Waals surface area (Å²) >= 11 is 7.80. The van der Waals surface area contributed by atoms with E-state index >= 15 is 4.39 Å². The number of carbonyl (C=O) groups is 1. The summed E-state index contributed by atoms with van der Waals surface area (Å²) in [6, 6.07) is 13.1. The fourth-order valence-electron chi connectivity index (χ4n) is 4.03. The number of hydrogen-bond donors (Lipinski definition) is 0. The average molecular weight is 492 g/mol. The molecule has 2 aromatic rings. The molecule has 3 rings (SSSR count). The normalized spacial score (nSPS) is 16.5. The molecule has 1 heterocycles. The fourth-order valence-corrected chi connectivity index (χ4v) is 5.50. The number of nitrogens with zero attached hydrogens (tertiary/aromatic N) is 1. The molecule has 1 amide bonds. The Hall–Kier alpha value is -1.56. The summed E-state index contributed by atoms with van der Waals surface area (Å²) in [5.74, 6) is -0.447. The highest BCUT2D eigenvalue weighted by Crippen LogP contribution is 2.49. The monoisotopic (exact) mass is 491 g/mol. The molecule has 0 aliphatic carbocycles. The van der Waals surface area contributed by atoms with E-state index in [9.17, 15) is 4.79 Å². The molecule has 0 radical (unpaired) electrons. The SMILES string of the molecule is CC(C)(C)CN(C(=O)C(C)(C)C)c1ccc(C2(Sc3ccc(Cl)cc3)CCOCC2)cc1F. The van der Waals surface area contributed by atoms with Crippen LogP contribution in [0.25, 0.3) is 0 Å². The van der Waals surface area contributed by atoms with Crippen molar-refractivity contribution in [2.45, 2.75) is 64.0 Å². The van der Waals surface area contributed by atoms with Gasteiger partial charge in [-0.1, -0.05) is 59.2 Å². The number of amides is 1. The zero-order valence-electron chi connectivity index (χ0n) is 20.5. The Labute approximate surface area is 207 Å². The van der Waals surface area contributed by atoms with E-state index in [1.54, 1.807) is 28.8 Å². The smallest absolute Gasteiger partial charge is 0.232 e. The van der Waals surface area contributed by atoms with E-state index in [1.807, 2.05) is 51.1 Å². The molecule has 1 saturated heterocycles. The summed E-state index contributed by atoms with van der Waals surface area (Å²) in [5, 5.41) is 0.693. The van der Waals surface area contributed by atoms with Crippen molar-refractivity contribution in [3.63, 3.8) is 0 Å². The van der Waals surface area contributed by atoms with Gasteiger partial charge in [0, 0.05) is 39.8 Å². The van der Waals surface area contributed by atoms with Crippen molar-refractivity contribution < 1.29 is 13.9 Å². The Morgan fingerprint density at radius 3 is 2.18 bits per heavy atom. The highest BCUT2D eigenvalue weighted by Gasteiger charge is 2.37. The second-order valence-electron chi connectivity index (χ2n) is 11.0. The minimum absolute atomic E-state index is 0.0830. The van der Waals surface area contributed by atoms with Crippen molar-refractivity contribution >= 4 is 35.0 Å². The van der Waals surface area contributed by atoms with Crippen LogP contribution in [-0.4, -0.2) is 25.7 Å². The van der Waals surface area contributed by atoms with Crippen LogP contribution in [0.2, 0.25) is 5.02 Å². The Morgan fingerprint density at radius 2 is 1.67 bits per heavy atom. The van der Waals surface area contributed by atoms with Crippen LogP contribution in [0.3, 0.4) is 0 Å². The van der Waals surface area contributed by atoms with Gasteiger partial charge in [0.15, 0.2) is 0 Å². The number of thioether (sulfide) groups is 1. The maximum absolute atomic E-state index is 15.7. The molecule has 0 saturated carbocycles. The third-order valence-corrected chi connectivity index (χ3v) is 7.51. The van der Waals surface area contributed by atoms with E-state index in [0.29, 0.717) is 30.5 Å². The van der Waals surface area contributed by atoms with E-state index in [-0.39, 0.29) is 21.9 Å². The predicted octanol–water partition coefficient (Wildman–Crippen LogP) is 7.70. The van der Waals surface area contributed by atoms with E-state index in [1.165, 1.54) is 0 Å². The summed E-state index contributed by atoms with van der Waals surface area (Å²) < 4.78 is 21.0. The van der Waals surface area contributed by atoms with Crippen molar-refractivity contribution in [1.29, 1.82) is 0 Å². The summed E-state index contributed by atoms with van der Waals surface area (Å²) in [7, 11) is 0. The Bertz CT molecular complexity index is 973. The number of hydrogen-bond acceptors (Lipinski definition) is 3. The number of ether oxygens (including phenoxy) is 1. The van der Waals surface area contributed by atoms with Gasteiger partial charge in [0.25, 0.3) is 0 Å². The molecule has 33 heavy (non-hydrogen) atoms. The van der Waals surface area contributed by atoms with Crippen molar-refractivity contribution in [2.75, 3.05) is 24.7 Å². The Kier molecular flexibility index (Phi) is 7.87. The van der Waals surface area contributed by atoms with Gasteiger partial charge >= 0.3 is 0 Å². The lowest BCUT2D eigenvalue weighted by Crippen LogP contribution is -2.44. The molecule has 0 spiro atoms. The van der Waals surface area contributed by atoms with Gasteiger partial charge in [-0.25, -0.2) is 4.39 Å². The van der Waals surface area contributed by atoms with Crippen LogP contribution in [-0.2, 0) is 14.3 Å².